The number of hydrogen-bond acceptors (Lipinski definition) is 2. The van der Waals surface area contributed by atoms with Crippen molar-refractivity contribution in [3.63, 3.8) is 0 Å². The Hall–Kier alpha value is -1.50. The number of primary amides is 1. The Bertz CT molecular complexity index is 204. The highest BCUT2D eigenvalue weighted by atomic mass is 16.2. The van der Waals surface area contributed by atoms with E-state index in [4.69, 9.17) is 11.0 Å². The number of carbonyl (C=O) groups excluding carboxylic acids is 1. The molecule has 0 radical (unpaired) electrons. The number of urea groups is 1. The van der Waals surface area contributed by atoms with E-state index < -0.39 is 6.03 Å². The summed E-state index contributed by atoms with van der Waals surface area (Å²) in [7, 11) is 0. The van der Waals surface area contributed by atoms with Gasteiger partial charge in [-0.15, -0.1) is 0 Å². The largest absolute Gasteiger partial charge is 0.352 e. The van der Waals surface area contributed by atoms with Crippen molar-refractivity contribution in [1.29, 1.82) is 5.26 Å². The van der Waals surface area contributed by atoms with E-state index in [9.17, 15) is 4.79 Å². The second-order valence-corrected chi connectivity index (χ2v) is 2.28. The van der Waals surface area contributed by atoms with E-state index >= 15 is 0 Å². The molecule has 3 N–H and O–H groups in total. The molecule has 0 spiro atoms. The molecule has 0 aliphatic rings. The summed E-state index contributed by atoms with van der Waals surface area (Å²) in [6, 6.07) is 1.32. The molecule has 0 rings (SSSR count). The van der Waals surface area contributed by atoms with Gasteiger partial charge in [0.05, 0.1) is 6.07 Å². The van der Waals surface area contributed by atoms with E-state index in [0.717, 1.165) is 0 Å². The van der Waals surface area contributed by atoms with Gasteiger partial charge in [-0.1, -0.05) is 13.5 Å². The van der Waals surface area contributed by atoms with Crippen molar-refractivity contribution in [3.05, 3.63) is 12.2 Å². The smallest absolute Gasteiger partial charge is 0.312 e. The molecule has 0 aliphatic carbocycles. The third kappa shape index (κ3) is 3.98. The molecule has 0 aliphatic heterocycles. The predicted octanol–water partition coefficient (Wildman–Crippen LogP) is 0.371. The zero-order chi connectivity index (χ0) is 8.85. The van der Waals surface area contributed by atoms with Gasteiger partial charge in [0.1, 0.15) is 0 Å². The van der Waals surface area contributed by atoms with Gasteiger partial charge >= 0.3 is 6.03 Å². The van der Waals surface area contributed by atoms with Crippen LogP contribution in [0, 0.1) is 17.2 Å². The second-order valence-electron chi connectivity index (χ2n) is 2.28. The molecule has 0 heterocycles. The quantitative estimate of drug-likeness (QED) is 0.574. The first-order valence-electron chi connectivity index (χ1n) is 3.20. The molecule has 1 atom stereocenters. The number of hydrogen-bond donors (Lipinski definition) is 2. The third-order valence-corrected chi connectivity index (χ3v) is 1.32. The van der Waals surface area contributed by atoms with Crippen molar-refractivity contribution in [2.24, 2.45) is 11.7 Å². The van der Waals surface area contributed by atoms with E-state index in [1.165, 1.54) is 0 Å². The van der Waals surface area contributed by atoms with Crippen LogP contribution in [0.15, 0.2) is 12.2 Å². The summed E-state index contributed by atoms with van der Waals surface area (Å²) >= 11 is 0. The van der Waals surface area contributed by atoms with Crippen LogP contribution in [0.3, 0.4) is 0 Å². The molecule has 0 aromatic rings. The topological polar surface area (TPSA) is 78.9 Å². The molecule has 60 valence electrons. The molecule has 0 saturated carbocycles. The van der Waals surface area contributed by atoms with Crippen LogP contribution in [-0.2, 0) is 0 Å². The number of nitrogens with two attached hydrogens (primary N) is 1. The third-order valence-electron chi connectivity index (χ3n) is 1.32. The average molecular weight is 153 g/mol. The summed E-state index contributed by atoms with van der Waals surface area (Å²) in [5.41, 5.74) is 5.26. The van der Waals surface area contributed by atoms with Gasteiger partial charge in [-0.2, -0.15) is 5.26 Å². The Balaban J connectivity index is 3.71. The van der Waals surface area contributed by atoms with Crippen molar-refractivity contribution >= 4 is 6.03 Å². The Morgan fingerprint density at radius 3 is 2.82 bits per heavy atom. The first-order valence-corrected chi connectivity index (χ1v) is 3.20. The van der Waals surface area contributed by atoms with Gasteiger partial charge in [0.15, 0.2) is 0 Å². The maximum Gasteiger partial charge on any atom is 0.312 e. The number of rotatable bonds is 3. The molecule has 2 amide bonds. The number of nitriles is 1. The standard InChI is InChI=1S/C7H11N3O/c1-5(3-8)6(2)4-10-7(9)11/h6H,1,4H2,2H3,(H3,9,10,11). The minimum Gasteiger partial charge on any atom is -0.352 e. The number of nitrogens with one attached hydrogen (secondary N) is 1. The number of carbonyl (C=O) groups is 1. The van der Waals surface area contributed by atoms with E-state index in [1.54, 1.807) is 6.92 Å². The van der Waals surface area contributed by atoms with Crippen LogP contribution >= 0.6 is 0 Å². The van der Waals surface area contributed by atoms with Crippen LogP contribution in [0.5, 0.6) is 0 Å². The van der Waals surface area contributed by atoms with Gasteiger partial charge in [0, 0.05) is 18.0 Å². The molecule has 11 heavy (non-hydrogen) atoms. The summed E-state index contributed by atoms with van der Waals surface area (Å²) in [6.45, 7) is 5.65. The fourth-order valence-corrected chi connectivity index (χ4v) is 0.487. The molecule has 0 fully saturated rings. The first-order chi connectivity index (χ1) is 5.07. The molecule has 0 bridgehead atoms. The highest BCUT2D eigenvalue weighted by Gasteiger charge is 2.05. The zero-order valence-electron chi connectivity index (χ0n) is 6.42. The summed E-state index contributed by atoms with van der Waals surface area (Å²) < 4.78 is 0. The molecule has 0 aromatic heterocycles. The van der Waals surface area contributed by atoms with Gasteiger partial charge < -0.3 is 11.1 Å². The van der Waals surface area contributed by atoms with Crippen molar-refractivity contribution in [3.8, 4) is 6.07 Å². The lowest BCUT2D eigenvalue weighted by Crippen LogP contribution is -2.33. The summed E-state index contributed by atoms with van der Waals surface area (Å²) in [5.74, 6) is -0.0486. The van der Waals surface area contributed by atoms with Gasteiger partial charge in [-0.25, -0.2) is 4.79 Å². The lowest BCUT2D eigenvalue weighted by atomic mass is 10.0. The molecule has 4 heteroatoms. The van der Waals surface area contributed by atoms with Crippen molar-refractivity contribution < 1.29 is 4.79 Å². The van der Waals surface area contributed by atoms with Crippen LogP contribution in [0.1, 0.15) is 6.92 Å². The van der Waals surface area contributed by atoms with Gasteiger partial charge in [-0.3, -0.25) is 0 Å². The molecular formula is C7H11N3O. The lowest BCUT2D eigenvalue weighted by molar-refractivity contribution is 0.248. The van der Waals surface area contributed by atoms with Gasteiger partial charge in [-0.05, 0) is 0 Å². The molecule has 1 unspecified atom stereocenters. The molecule has 0 saturated heterocycles. The van der Waals surface area contributed by atoms with E-state index in [-0.39, 0.29) is 5.92 Å². The van der Waals surface area contributed by atoms with E-state index in [0.29, 0.717) is 12.1 Å². The van der Waals surface area contributed by atoms with Gasteiger partial charge in [0.2, 0.25) is 0 Å². The first kappa shape index (κ1) is 9.50. The lowest BCUT2D eigenvalue weighted by Gasteiger charge is -2.07. The summed E-state index contributed by atoms with van der Waals surface area (Å²) in [6.07, 6.45) is 0. The van der Waals surface area contributed by atoms with Crippen LogP contribution in [-0.4, -0.2) is 12.6 Å². The number of amides is 2. The monoisotopic (exact) mass is 153 g/mol. The fraction of sp³-hybridized carbons (Fsp3) is 0.429. The normalized spacial score (nSPS) is 11.3. The minimum atomic E-state index is -0.581. The molecule has 4 nitrogen and oxygen atoms in total. The Morgan fingerprint density at radius 2 is 2.45 bits per heavy atom. The SMILES string of the molecule is C=C(C#N)C(C)CNC(N)=O. The van der Waals surface area contributed by atoms with Crippen LogP contribution in [0.2, 0.25) is 0 Å². The highest BCUT2D eigenvalue weighted by Crippen LogP contribution is 2.03. The number of nitrogens with zero attached hydrogens (tertiary/aromatic N) is 1. The Kier molecular flexibility index (Phi) is 3.75. The maximum atomic E-state index is 10.2. The summed E-state index contributed by atoms with van der Waals surface area (Å²) in [5, 5.41) is 10.8. The van der Waals surface area contributed by atoms with E-state index in [1.807, 2.05) is 6.07 Å². The average Bonchev–Trinajstić information content (AvgIpc) is 1.98. The highest BCUT2D eigenvalue weighted by molar-refractivity contribution is 5.71. The fourth-order valence-electron chi connectivity index (χ4n) is 0.487. The van der Waals surface area contributed by atoms with Crippen molar-refractivity contribution in [2.45, 2.75) is 6.92 Å². The van der Waals surface area contributed by atoms with Crippen LogP contribution in [0.25, 0.3) is 0 Å². The Labute approximate surface area is 65.7 Å². The van der Waals surface area contributed by atoms with Crippen molar-refractivity contribution in [2.75, 3.05) is 6.54 Å². The maximum absolute atomic E-state index is 10.2. The second kappa shape index (κ2) is 4.34. The molecule has 0 aromatic carbocycles. The predicted molar refractivity (Wildman–Crippen MR) is 41.5 cm³/mol. The van der Waals surface area contributed by atoms with Crippen LogP contribution < -0.4 is 11.1 Å². The van der Waals surface area contributed by atoms with Crippen molar-refractivity contribution in [1.82, 2.24) is 5.32 Å². The molecular weight excluding hydrogens is 142 g/mol. The van der Waals surface area contributed by atoms with Crippen LogP contribution in [0.4, 0.5) is 4.79 Å². The minimum absolute atomic E-state index is 0.0486. The Morgan fingerprint density at radius 1 is 1.91 bits per heavy atom. The summed E-state index contributed by atoms with van der Waals surface area (Å²) in [4.78, 5) is 10.2. The van der Waals surface area contributed by atoms with E-state index in [2.05, 4.69) is 11.9 Å². The zero-order valence-corrected chi connectivity index (χ0v) is 6.42. The van der Waals surface area contributed by atoms with Gasteiger partial charge in [0.25, 0.3) is 0 Å².